The smallest absolute Gasteiger partial charge is 0.142 e. The molecule has 2 aromatic rings. The summed E-state index contributed by atoms with van der Waals surface area (Å²) in [5, 5.41) is 0. The summed E-state index contributed by atoms with van der Waals surface area (Å²) in [5.74, 6) is 0. The van der Waals surface area contributed by atoms with Gasteiger partial charge in [-0.1, -0.05) is 36.4 Å². The van der Waals surface area contributed by atoms with Crippen LogP contribution in [-0.4, -0.2) is 11.3 Å². The van der Waals surface area contributed by atoms with Crippen molar-refractivity contribution in [2.45, 2.75) is 0 Å². The highest BCUT2D eigenvalue weighted by molar-refractivity contribution is 5.74. The molecule has 0 amide bonds. The number of hydrogen-bond donors (Lipinski definition) is 0. The molecule has 1 aromatic carbocycles. The van der Waals surface area contributed by atoms with Crippen molar-refractivity contribution in [3.63, 3.8) is 0 Å². The molecule has 78 valence electrons. The summed E-state index contributed by atoms with van der Waals surface area (Å²) >= 11 is 0. The zero-order valence-corrected chi connectivity index (χ0v) is 8.71. The van der Waals surface area contributed by atoms with Gasteiger partial charge in [-0.25, -0.2) is 0 Å². The Morgan fingerprint density at radius 3 is 2.44 bits per heavy atom. The lowest BCUT2D eigenvalue weighted by atomic mass is 10.1. The van der Waals surface area contributed by atoms with Gasteiger partial charge < -0.3 is 0 Å². The minimum atomic E-state index is 0.770. The average Bonchev–Trinajstić information content (AvgIpc) is 2.38. The summed E-state index contributed by atoms with van der Waals surface area (Å²) in [6.45, 7) is 0. The first-order chi connectivity index (χ1) is 7.90. The molecular weight excluding hydrogens is 198 g/mol. The van der Waals surface area contributed by atoms with Gasteiger partial charge in [0.1, 0.15) is 6.29 Å². The standard InChI is InChI=1S/C14H11NO/c16-11-3-4-12-6-8-13(9-7-12)14-5-1-2-10-15-14/h1-11H/b4-3+. The van der Waals surface area contributed by atoms with Crippen LogP contribution in [-0.2, 0) is 4.79 Å². The van der Waals surface area contributed by atoms with Crippen LogP contribution < -0.4 is 0 Å². The van der Waals surface area contributed by atoms with Gasteiger partial charge in [0.15, 0.2) is 0 Å². The fourth-order valence-electron chi connectivity index (χ4n) is 1.45. The summed E-state index contributed by atoms with van der Waals surface area (Å²) in [4.78, 5) is 14.4. The number of rotatable bonds is 3. The molecule has 0 radical (unpaired) electrons. The van der Waals surface area contributed by atoms with Gasteiger partial charge in [-0.3, -0.25) is 9.78 Å². The van der Waals surface area contributed by atoms with E-state index in [1.54, 1.807) is 12.3 Å². The van der Waals surface area contributed by atoms with E-state index in [1.165, 1.54) is 6.08 Å². The summed E-state index contributed by atoms with van der Waals surface area (Å²) in [5.41, 5.74) is 3.03. The third-order valence-corrected chi connectivity index (χ3v) is 2.24. The molecule has 0 fully saturated rings. The highest BCUT2D eigenvalue weighted by atomic mass is 16.1. The van der Waals surface area contributed by atoms with Gasteiger partial charge in [0.25, 0.3) is 0 Å². The van der Waals surface area contributed by atoms with E-state index in [9.17, 15) is 4.79 Å². The van der Waals surface area contributed by atoms with Crippen LogP contribution in [0.15, 0.2) is 54.7 Å². The van der Waals surface area contributed by atoms with Crippen LogP contribution in [0.1, 0.15) is 5.56 Å². The van der Waals surface area contributed by atoms with Crippen molar-refractivity contribution in [3.05, 3.63) is 60.3 Å². The van der Waals surface area contributed by atoms with Gasteiger partial charge >= 0.3 is 0 Å². The van der Waals surface area contributed by atoms with Crippen LogP contribution in [0.25, 0.3) is 17.3 Å². The Morgan fingerprint density at radius 1 is 1.00 bits per heavy atom. The number of aromatic nitrogens is 1. The first-order valence-corrected chi connectivity index (χ1v) is 5.03. The fraction of sp³-hybridized carbons (Fsp3) is 0. The predicted molar refractivity (Wildman–Crippen MR) is 64.8 cm³/mol. The number of allylic oxidation sites excluding steroid dienone is 1. The Labute approximate surface area is 94.3 Å². The van der Waals surface area contributed by atoms with E-state index < -0.39 is 0 Å². The number of benzene rings is 1. The van der Waals surface area contributed by atoms with Crippen LogP contribution in [0.2, 0.25) is 0 Å². The van der Waals surface area contributed by atoms with E-state index in [-0.39, 0.29) is 0 Å². The first kappa shape index (κ1) is 10.3. The van der Waals surface area contributed by atoms with Gasteiger partial charge in [-0.05, 0) is 23.8 Å². The van der Waals surface area contributed by atoms with Crippen molar-refractivity contribution in [1.29, 1.82) is 0 Å². The zero-order valence-electron chi connectivity index (χ0n) is 8.71. The Bertz CT molecular complexity index is 486. The molecular formula is C14H11NO. The molecule has 1 heterocycles. The summed E-state index contributed by atoms with van der Waals surface area (Å²) < 4.78 is 0. The van der Waals surface area contributed by atoms with E-state index >= 15 is 0 Å². The minimum Gasteiger partial charge on any atom is -0.299 e. The lowest BCUT2D eigenvalue weighted by Gasteiger charge is -2.00. The highest BCUT2D eigenvalue weighted by Crippen LogP contribution is 2.17. The Balaban J connectivity index is 2.26. The van der Waals surface area contributed by atoms with Crippen LogP contribution in [0.5, 0.6) is 0 Å². The Hall–Kier alpha value is -2.22. The van der Waals surface area contributed by atoms with E-state index in [0.717, 1.165) is 23.1 Å². The molecule has 0 unspecified atom stereocenters. The van der Waals surface area contributed by atoms with Crippen molar-refractivity contribution >= 4 is 12.4 Å². The highest BCUT2D eigenvalue weighted by Gasteiger charge is 1.96. The molecule has 0 atom stereocenters. The van der Waals surface area contributed by atoms with Crippen LogP contribution >= 0.6 is 0 Å². The summed E-state index contributed by atoms with van der Waals surface area (Å²) in [6.07, 6.45) is 5.80. The van der Waals surface area contributed by atoms with Gasteiger partial charge in [-0.2, -0.15) is 0 Å². The number of pyridine rings is 1. The maximum atomic E-state index is 10.2. The molecule has 0 aliphatic heterocycles. The fourth-order valence-corrected chi connectivity index (χ4v) is 1.45. The largest absolute Gasteiger partial charge is 0.299 e. The second-order valence-corrected chi connectivity index (χ2v) is 3.33. The Morgan fingerprint density at radius 2 is 1.81 bits per heavy atom. The van der Waals surface area contributed by atoms with Crippen LogP contribution in [0.4, 0.5) is 0 Å². The molecule has 0 bridgehead atoms. The first-order valence-electron chi connectivity index (χ1n) is 5.03. The monoisotopic (exact) mass is 209 g/mol. The lowest BCUT2D eigenvalue weighted by molar-refractivity contribution is -0.104. The molecule has 16 heavy (non-hydrogen) atoms. The summed E-state index contributed by atoms with van der Waals surface area (Å²) in [6, 6.07) is 13.7. The molecule has 2 rings (SSSR count). The molecule has 0 saturated heterocycles. The number of nitrogens with zero attached hydrogens (tertiary/aromatic N) is 1. The molecule has 1 aromatic heterocycles. The predicted octanol–water partition coefficient (Wildman–Crippen LogP) is 2.96. The number of carbonyl (C=O) groups excluding carboxylic acids is 1. The maximum absolute atomic E-state index is 10.2. The minimum absolute atomic E-state index is 0.770. The van der Waals surface area contributed by atoms with E-state index in [1.807, 2.05) is 42.5 Å². The van der Waals surface area contributed by atoms with Gasteiger partial charge in [0.05, 0.1) is 5.69 Å². The van der Waals surface area contributed by atoms with E-state index in [2.05, 4.69) is 4.98 Å². The van der Waals surface area contributed by atoms with Crippen molar-refractivity contribution in [3.8, 4) is 11.3 Å². The van der Waals surface area contributed by atoms with Crippen molar-refractivity contribution in [1.82, 2.24) is 4.98 Å². The molecule has 0 aliphatic rings. The number of carbonyl (C=O) groups is 1. The second-order valence-electron chi connectivity index (χ2n) is 3.33. The molecule has 0 N–H and O–H groups in total. The lowest BCUT2D eigenvalue weighted by Crippen LogP contribution is -1.81. The molecule has 0 spiro atoms. The maximum Gasteiger partial charge on any atom is 0.142 e. The molecule has 0 aliphatic carbocycles. The molecule has 2 nitrogen and oxygen atoms in total. The summed E-state index contributed by atoms with van der Waals surface area (Å²) in [7, 11) is 0. The van der Waals surface area contributed by atoms with Gasteiger partial charge in [0, 0.05) is 11.8 Å². The number of aldehydes is 1. The van der Waals surface area contributed by atoms with Crippen molar-refractivity contribution < 1.29 is 4.79 Å². The SMILES string of the molecule is O=C/C=C/c1ccc(-c2ccccn2)cc1. The van der Waals surface area contributed by atoms with Gasteiger partial charge in [-0.15, -0.1) is 0 Å². The van der Waals surface area contributed by atoms with Crippen LogP contribution in [0, 0.1) is 0 Å². The van der Waals surface area contributed by atoms with Crippen LogP contribution in [0.3, 0.4) is 0 Å². The van der Waals surface area contributed by atoms with E-state index in [0.29, 0.717) is 0 Å². The molecule has 0 saturated carbocycles. The second kappa shape index (κ2) is 5.03. The van der Waals surface area contributed by atoms with Gasteiger partial charge in [0.2, 0.25) is 0 Å². The quantitative estimate of drug-likeness (QED) is 0.574. The zero-order chi connectivity index (χ0) is 11.2. The van der Waals surface area contributed by atoms with Crippen molar-refractivity contribution in [2.75, 3.05) is 0 Å². The normalized spacial score (nSPS) is 10.5. The Kier molecular flexibility index (Phi) is 3.24. The van der Waals surface area contributed by atoms with E-state index in [4.69, 9.17) is 0 Å². The topological polar surface area (TPSA) is 30.0 Å². The average molecular weight is 209 g/mol. The van der Waals surface area contributed by atoms with Crippen molar-refractivity contribution in [2.24, 2.45) is 0 Å². The molecule has 2 heteroatoms. The third-order valence-electron chi connectivity index (χ3n) is 2.24. The third kappa shape index (κ3) is 2.42. The number of hydrogen-bond acceptors (Lipinski definition) is 2.